The summed E-state index contributed by atoms with van der Waals surface area (Å²) < 4.78 is 39.6. The second kappa shape index (κ2) is 9.94. The van der Waals surface area contributed by atoms with Crippen molar-refractivity contribution < 1.29 is 17.9 Å². The van der Waals surface area contributed by atoms with Crippen molar-refractivity contribution in [3.8, 4) is 17.2 Å². The summed E-state index contributed by atoms with van der Waals surface area (Å²) in [6.45, 7) is 5.58. The Labute approximate surface area is 198 Å². The van der Waals surface area contributed by atoms with Gasteiger partial charge >= 0.3 is 0 Å². The van der Waals surface area contributed by atoms with E-state index in [0.29, 0.717) is 11.6 Å². The second-order valence-electron chi connectivity index (χ2n) is 7.36. The Balaban J connectivity index is 2.20. The number of hydrogen-bond donors (Lipinski definition) is 0. The molecule has 0 atom stereocenters. The fourth-order valence-corrected chi connectivity index (χ4v) is 4.92. The minimum atomic E-state index is -3.97. The maximum atomic E-state index is 13.6. The Morgan fingerprint density at radius 1 is 1.06 bits per heavy atom. The lowest BCUT2D eigenvalue weighted by Gasteiger charge is -2.27. The number of halogens is 2. The van der Waals surface area contributed by atoms with Crippen molar-refractivity contribution in [1.29, 1.82) is 0 Å². The molecule has 7 nitrogen and oxygen atoms in total. The van der Waals surface area contributed by atoms with Crippen LogP contribution in [0.5, 0.6) is 17.2 Å². The lowest BCUT2D eigenvalue weighted by Crippen LogP contribution is -2.35. The minimum absolute atomic E-state index is 0.0178. The summed E-state index contributed by atoms with van der Waals surface area (Å²) in [6, 6.07) is 13.0. The highest BCUT2D eigenvalue weighted by Gasteiger charge is 2.31. The summed E-state index contributed by atoms with van der Waals surface area (Å²) in [4.78, 5) is 8.68. The normalized spacial score (nSPS) is 11.5. The molecule has 0 aliphatic rings. The monoisotopic (exact) mass is 495 g/mol. The van der Waals surface area contributed by atoms with E-state index in [1.165, 1.54) is 23.5 Å². The van der Waals surface area contributed by atoms with Crippen molar-refractivity contribution in [3.05, 3.63) is 64.5 Å². The molecule has 0 saturated carbocycles. The fourth-order valence-electron chi connectivity index (χ4n) is 2.92. The highest BCUT2D eigenvalue weighted by atomic mass is 35.5. The number of ether oxygens (including phenoxy) is 2. The van der Waals surface area contributed by atoms with Gasteiger partial charge in [-0.25, -0.2) is 22.7 Å². The fraction of sp³-hybridized carbons (Fsp3) is 0.273. The van der Waals surface area contributed by atoms with Crippen LogP contribution >= 0.6 is 23.2 Å². The smallest absolute Gasteiger partial charge is 0.265 e. The van der Waals surface area contributed by atoms with Crippen LogP contribution in [0.1, 0.15) is 19.7 Å². The largest absolute Gasteiger partial charge is 0.497 e. The number of sulfonamides is 1. The molecule has 1 aromatic heterocycles. The maximum Gasteiger partial charge on any atom is 0.265 e. The maximum absolute atomic E-state index is 13.6. The van der Waals surface area contributed by atoms with Crippen molar-refractivity contribution >= 4 is 39.0 Å². The van der Waals surface area contributed by atoms with E-state index < -0.39 is 10.0 Å². The molecule has 170 valence electrons. The Morgan fingerprint density at radius 3 is 2.38 bits per heavy atom. The summed E-state index contributed by atoms with van der Waals surface area (Å²) in [6.07, 6.45) is 0. The summed E-state index contributed by atoms with van der Waals surface area (Å²) in [5, 5.41) is 0.248. The Kier molecular flexibility index (Phi) is 7.48. The zero-order valence-corrected chi connectivity index (χ0v) is 20.4. The third-order valence-corrected chi connectivity index (χ3v) is 6.71. The number of rotatable bonds is 8. The van der Waals surface area contributed by atoms with Crippen LogP contribution in [0.4, 0.5) is 5.82 Å². The highest BCUT2D eigenvalue weighted by molar-refractivity contribution is 7.92. The lowest BCUT2D eigenvalue weighted by molar-refractivity contribution is 0.408. The number of aryl methyl sites for hydroxylation is 1. The summed E-state index contributed by atoms with van der Waals surface area (Å²) in [5.41, 5.74) is 0. The molecule has 1 heterocycles. The second-order valence-corrected chi connectivity index (χ2v) is 9.98. The molecule has 0 N–H and O–H groups in total. The zero-order valence-electron chi connectivity index (χ0n) is 18.0. The third kappa shape index (κ3) is 5.26. The molecule has 0 aliphatic carbocycles. The summed E-state index contributed by atoms with van der Waals surface area (Å²) in [7, 11) is -2.46. The average molecular weight is 496 g/mol. The van der Waals surface area contributed by atoms with Crippen molar-refractivity contribution in [1.82, 2.24) is 9.97 Å². The van der Waals surface area contributed by atoms with Gasteiger partial charge in [0.15, 0.2) is 11.0 Å². The molecule has 0 spiro atoms. The van der Waals surface area contributed by atoms with Crippen molar-refractivity contribution in [2.24, 2.45) is 5.92 Å². The molecule has 0 aliphatic heterocycles. The molecular weight excluding hydrogens is 473 g/mol. The van der Waals surface area contributed by atoms with Crippen LogP contribution in [0.15, 0.2) is 53.4 Å². The van der Waals surface area contributed by atoms with Crippen LogP contribution in [0.2, 0.25) is 10.2 Å². The van der Waals surface area contributed by atoms with Gasteiger partial charge in [0.25, 0.3) is 10.0 Å². The number of methoxy groups -OCH3 is 1. The van der Waals surface area contributed by atoms with Gasteiger partial charge in [-0.1, -0.05) is 55.2 Å². The van der Waals surface area contributed by atoms with E-state index in [-0.39, 0.29) is 44.9 Å². The van der Waals surface area contributed by atoms with Crippen LogP contribution in [0, 0.1) is 12.8 Å². The van der Waals surface area contributed by atoms with Crippen molar-refractivity contribution in [3.63, 3.8) is 0 Å². The predicted octanol–water partition coefficient (Wildman–Crippen LogP) is 5.74. The molecule has 3 aromatic rings. The molecule has 32 heavy (non-hydrogen) atoms. The summed E-state index contributed by atoms with van der Waals surface area (Å²) in [5.74, 6) is 1.02. The first-order chi connectivity index (χ1) is 15.1. The quantitative estimate of drug-likeness (QED) is 0.370. The number of nitrogens with zero attached hydrogens (tertiary/aromatic N) is 3. The van der Waals surface area contributed by atoms with E-state index in [9.17, 15) is 8.42 Å². The standard InChI is InChI=1S/C22H23Cl2N3O4S/c1-14(2)13-27(32(28,29)17-8-6-5-7-9-17)22-20(21(24)25-15(3)26-22)31-19-12-16(30-4)10-11-18(19)23/h5-12,14H,13H2,1-4H3. The highest BCUT2D eigenvalue weighted by Crippen LogP contribution is 2.41. The molecule has 0 amide bonds. The first-order valence-electron chi connectivity index (χ1n) is 9.76. The topological polar surface area (TPSA) is 81.6 Å². The Hall–Kier alpha value is -2.55. The Morgan fingerprint density at radius 2 is 1.75 bits per heavy atom. The lowest BCUT2D eigenvalue weighted by atomic mass is 10.2. The van der Waals surface area contributed by atoms with Crippen LogP contribution in [0.25, 0.3) is 0 Å². The molecule has 0 unspecified atom stereocenters. The van der Waals surface area contributed by atoms with E-state index in [2.05, 4.69) is 9.97 Å². The first-order valence-corrected chi connectivity index (χ1v) is 12.0. The predicted molar refractivity (Wildman–Crippen MR) is 126 cm³/mol. The van der Waals surface area contributed by atoms with Crippen molar-refractivity contribution in [2.75, 3.05) is 18.0 Å². The van der Waals surface area contributed by atoms with Gasteiger partial charge in [-0.3, -0.25) is 0 Å². The third-order valence-electron chi connectivity index (χ3n) is 4.37. The number of hydrogen-bond acceptors (Lipinski definition) is 6. The van der Waals surface area contributed by atoms with Gasteiger partial charge in [0.1, 0.15) is 17.3 Å². The van der Waals surface area contributed by atoms with Gasteiger partial charge in [-0.2, -0.15) is 0 Å². The van der Waals surface area contributed by atoms with Gasteiger partial charge in [-0.15, -0.1) is 0 Å². The van der Waals surface area contributed by atoms with Crippen LogP contribution in [-0.4, -0.2) is 32.0 Å². The van der Waals surface area contributed by atoms with Gasteiger partial charge in [-0.05, 0) is 37.1 Å². The van der Waals surface area contributed by atoms with E-state index in [0.717, 1.165) is 0 Å². The first kappa shape index (κ1) is 24.1. The van der Waals surface area contributed by atoms with Gasteiger partial charge in [0.2, 0.25) is 5.75 Å². The van der Waals surface area contributed by atoms with Crippen molar-refractivity contribution in [2.45, 2.75) is 25.7 Å². The molecule has 0 bridgehead atoms. The van der Waals surface area contributed by atoms with Crippen LogP contribution in [0.3, 0.4) is 0 Å². The number of benzene rings is 2. The van der Waals surface area contributed by atoms with Gasteiger partial charge in [0, 0.05) is 12.6 Å². The van der Waals surface area contributed by atoms with Gasteiger partial charge in [0.05, 0.1) is 17.0 Å². The minimum Gasteiger partial charge on any atom is -0.497 e. The van der Waals surface area contributed by atoms with Crippen LogP contribution in [-0.2, 0) is 10.0 Å². The molecular formula is C22H23Cl2N3O4S. The molecule has 0 fully saturated rings. The zero-order chi connectivity index (χ0) is 23.5. The molecule has 0 saturated heterocycles. The molecule has 3 rings (SSSR count). The van der Waals surface area contributed by atoms with E-state index in [1.54, 1.807) is 43.3 Å². The average Bonchev–Trinajstić information content (AvgIpc) is 2.75. The van der Waals surface area contributed by atoms with E-state index >= 15 is 0 Å². The SMILES string of the molecule is COc1ccc(Cl)c(Oc2c(Cl)nc(C)nc2N(CC(C)C)S(=O)(=O)c2ccccc2)c1. The number of anilines is 1. The molecule has 0 radical (unpaired) electrons. The van der Waals surface area contributed by atoms with E-state index in [1.807, 2.05) is 13.8 Å². The number of aromatic nitrogens is 2. The molecule has 2 aromatic carbocycles. The molecule has 10 heteroatoms. The van der Waals surface area contributed by atoms with Gasteiger partial charge < -0.3 is 9.47 Å². The summed E-state index contributed by atoms with van der Waals surface area (Å²) >= 11 is 12.7. The van der Waals surface area contributed by atoms with Crippen LogP contribution < -0.4 is 13.8 Å². The van der Waals surface area contributed by atoms with E-state index in [4.69, 9.17) is 32.7 Å². The Bertz CT molecular complexity index is 1210.